The Labute approximate surface area is 246 Å². The first-order valence-corrected chi connectivity index (χ1v) is 15.0. The van der Waals surface area contributed by atoms with Crippen molar-refractivity contribution in [3.63, 3.8) is 0 Å². The van der Waals surface area contributed by atoms with E-state index >= 15 is 0 Å². The van der Waals surface area contributed by atoms with Crippen molar-refractivity contribution in [2.24, 2.45) is 0 Å². The Morgan fingerprint density at radius 1 is 0.667 bits per heavy atom. The Balaban J connectivity index is 1.26. The molecule has 1 aromatic heterocycles. The van der Waals surface area contributed by atoms with Crippen molar-refractivity contribution >= 4 is 62.1 Å². The fourth-order valence-corrected chi connectivity index (χ4v) is 5.92. The molecule has 0 aliphatic carbocycles. The summed E-state index contributed by atoms with van der Waals surface area (Å²) in [6.45, 7) is 5.88. The van der Waals surface area contributed by atoms with E-state index in [2.05, 4.69) is 25.8 Å². The zero-order valence-electron chi connectivity index (χ0n) is 24.0. The molecule has 2 amide bonds. The number of carbonyl (C=O) groups excluding carboxylic acids is 2. The number of likely N-dealkylation sites (tertiary alicyclic amines) is 2. The summed E-state index contributed by atoms with van der Waals surface area (Å²) in [5.74, 6) is 0.0144. The van der Waals surface area contributed by atoms with Crippen LogP contribution in [0.2, 0.25) is 0 Å². The number of nitrogens with two attached hydrogens (primary N) is 1. The molecule has 9 heteroatoms. The van der Waals surface area contributed by atoms with Gasteiger partial charge in [-0.1, -0.05) is 0 Å². The highest BCUT2D eigenvalue weighted by atomic mass is 16.2. The molecule has 2 aliphatic heterocycles. The number of pyridine rings is 1. The molecule has 218 valence electrons. The molecule has 2 saturated heterocycles. The van der Waals surface area contributed by atoms with E-state index in [0.717, 1.165) is 83.8 Å². The number of hydrogen-bond acceptors (Lipinski definition) is 7. The first kappa shape index (κ1) is 27.9. The van der Waals surface area contributed by atoms with Crippen LogP contribution >= 0.6 is 0 Å². The number of amides is 2. The van der Waals surface area contributed by atoms with Gasteiger partial charge in [-0.15, -0.1) is 0 Å². The Hall–Kier alpha value is -4.21. The van der Waals surface area contributed by atoms with Gasteiger partial charge in [0, 0.05) is 59.5 Å². The smallest absolute Gasteiger partial charge is 0.225 e. The molecule has 0 spiro atoms. The van der Waals surface area contributed by atoms with Crippen LogP contribution in [-0.4, -0.2) is 65.9 Å². The summed E-state index contributed by atoms with van der Waals surface area (Å²) in [7, 11) is 0. The van der Waals surface area contributed by atoms with Gasteiger partial charge in [0.15, 0.2) is 0 Å². The van der Waals surface area contributed by atoms with Crippen LogP contribution in [0.15, 0.2) is 60.7 Å². The molecule has 0 bridgehead atoms. The fraction of sp³-hybridized carbons (Fsp3) is 0.364. The van der Waals surface area contributed by atoms with Crippen LogP contribution in [0.4, 0.5) is 28.4 Å². The molecule has 0 radical (unpaired) electrons. The van der Waals surface area contributed by atoms with E-state index in [1.54, 1.807) is 0 Å². The maximum atomic E-state index is 12.8. The minimum absolute atomic E-state index is 0.00683. The lowest BCUT2D eigenvalue weighted by atomic mass is 10.1. The molecule has 2 aliphatic rings. The number of hydrogen-bond donors (Lipinski definition) is 4. The maximum absolute atomic E-state index is 12.8. The molecule has 0 saturated carbocycles. The third kappa shape index (κ3) is 6.80. The molecule has 9 nitrogen and oxygen atoms in total. The molecule has 4 aromatic rings. The standard InChI is InChI=1S/C33H39N7O2/c34-23-5-7-24(8-6-23)37-33-27-11-9-26(36-32(42)14-20-40-17-3-4-18-40)22-30(27)38-29-12-10-25(21-28(29)33)35-31(41)13-19-39-15-1-2-16-39/h5-12,21-22H,1-4,13-20,34H2,(H,35,41)(H,36,42)(H,37,38). The molecule has 2 fully saturated rings. The van der Waals surface area contributed by atoms with Gasteiger partial charge in [0.05, 0.1) is 16.7 Å². The summed E-state index contributed by atoms with van der Waals surface area (Å²) in [5.41, 5.74) is 11.4. The Morgan fingerprint density at radius 2 is 1.21 bits per heavy atom. The van der Waals surface area contributed by atoms with E-state index in [1.807, 2.05) is 60.7 Å². The van der Waals surface area contributed by atoms with Gasteiger partial charge in [-0.2, -0.15) is 0 Å². The van der Waals surface area contributed by atoms with Gasteiger partial charge in [-0.3, -0.25) is 9.59 Å². The Bertz CT molecular complexity index is 1580. The van der Waals surface area contributed by atoms with Gasteiger partial charge in [0.25, 0.3) is 0 Å². The van der Waals surface area contributed by atoms with Gasteiger partial charge in [0.1, 0.15) is 0 Å². The monoisotopic (exact) mass is 565 g/mol. The molecular weight excluding hydrogens is 526 g/mol. The number of benzene rings is 3. The number of anilines is 5. The molecular formula is C33H39N7O2. The van der Waals surface area contributed by atoms with E-state index < -0.39 is 0 Å². The second kappa shape index (κ2) is 12.8. The highest BCUT2D eigenvalue weighted by Gasteiger charge is 2.16. The first-order valence-electron chi connectivity index (χ1n) is 15.0. The summed E-state index contributed by atoms with van der Waals surface area (Å²) in [5, 5.41) is 11.5. The van der Waals surface area contributed by atoms with Crippen molar-refractivity contribution in [3.8, 4) is 0 Å². The van der Waals surface area contributed by atoms with Gasteiger partial charge in [-0.05, 0) is 113 Å². The summed E-state index contributed by atoms with van der Waals surface area (Å²) in [4.78, 5) is 35.1. The van der Waals surface area contributed by atoms with Gasteiger partial charge >= 0.3 is 0 Å². The second-order valence-corrected chi connectivity index (χ2v) is 11.4. The number of nitrogens with zero attached hydrogens (tertiary/aromatic N) is 3. The van der Waals surface area contributed by atoms with Crippen LogP contribution in [0.5, 0.6) is 0 Å². The minimum Gasteiger partial charge on any atom is -0.399 e. The number of carbonyl (C=O) groups is 2. The zero-order chi connectivity index (χ0) is 28.9. The lowest BCUT2D eigenvalue weighted by Gasteiger charge is -2.17. The van der Waals surface area contributed by atoms with Crippen molar-refractivity contribution in [2.75, 3.05) is 61.0 Å². The third-order valence-electron chi connectivity index (χ3n) is 8.23. The van der Waals surface area contributed by atoms with Crippen LogP contribution in [-0.2, 0) is 9.59 Å². The number of fused-ring (bicyclic) bond motifs is 2. The maximum Gasteiger partial charge on any atom is 0.225 e. The highest BCUT2D eigenvalue weighted by molar-refractivity contribution is 6.11. The van der Waals surface area contributed by atoms with E-state index in [4.69, 9.17) is 10.7 Å². The lowest BCUT2D eigenvalue weighted by Crippen LogP contribution is -2.25. The zero-order valence-corrected chi connectivity index (χ0v) is 24.0. The molecule has 5 N–H and O–H groups in total. The molecule has 0 atom stereocenters. The summed E-state index contributed by atoms with van der Waals surface area (Å²) in [6, 6.07) is 19.2. The number of nitrogen functional groups attached to an aromatic ring is 1. The van der Waals surface area contributed by atoms with Crippen molar-refractivity contribution in [2.45, 2.75) is 38.5 Å². The van der Waals surface area contributed by atoms with Crippen LogP contribution in [0.25, 0.3) is 21.8 Å². The summed E-state index contributed by atoms with van der Waals surface area (Å²) < 4.78 is 0. The molecule has 3 heterocycles. The minimum atomic E-state index is 0.00683. The quantitative estimate of drug-likeness (QED) is 0.147. The average molecular weight is 566 g/mol. The third-order valence-corrected chi connectivity index (χ3v) is 8.23. The molecule has 3 aromatic carbocycles. The second-order valence-electron chi connectivity index (χ2n) is 11.4. The first-order chi connectivity index (χ1) is 20.5. The lowest BCUT2D eigenvalue weighted by molar-refractivity contribution is -0.117. The van der Waals surface area contributed by atoms with Crippen molar-refractivity contribution in [1.29, 1.82) is 0 Å². The van der Waals surface area contributed by atoms with Crippen LogP contribution in [0.3, 0.4) is 0 Å². The van der Waals surface area contributed by atoms with Crippen molar-refractivity contribution in [3.05, 3.63) is 60.7 Å². The molecule has 0 unspecified atom stereocenters. The topological polar surface area (TPSA) is 116 Å². The average Bonchev–Trinajstić information content (AvgIpc) is 3.71. The number of nitrogens with one attached hydrogen (secondary N) is 3. The number of aromatic nitrogens is 1. The fourth-order valence-electron chi connectivity index (χ4n) is 5.92. The molecule has 42 heavy (non-hydrogen) atoms. The van der Waals surface area contributed by atoms with Crippen molar-refractivity contribution < 1.29 is 9.59 Å². The number of rotatable bonds is 10. The van der Waals surface area contributed by atoms with E-state index in [0.29, 0.717) is 18.5 Å². The van der Waals surface area contributed by atoms with E-state index in [1.165, 1.54) is 25.7 Å². The summed E-state index contributed by atoms with van der Waals surface area (Å²) >= 11 is 0. The van der Waals surface area contributed by atoms with Gasteiger partial charge in [0.2, 0.25) is 11.8 Å². The van der Waals surface area contributed by atoms with Gasteiger partial charge < -0.3 is 31.5 Å². The largest absolute Gasteiger partial charge is 0.399 e. The van der Waals surface area contributed by atoms with Crippen LogP contribution in [0.1, 0.15) is 38.5 Å². The van der Waals surface area contributed by atoms with E-state index in [9.17, 15) is 9.59 Å². The predicted molar refractivity (Wildman–Crippen MR) is 171 cm³/mol. The van der Waals surface area contributed by atoms with E-state index in [-0.39, 0.29) is 11.8 Å². The van der Waals surface area contributed by atoms with Crippen LogP contribution in [0, 0.1) is 0 Å². The predicted octanol–water partition coefficient (Wildman–Crippen LogP) is 5.56. The highest BCUT2D eigenvalue weighted by Crippen LogP contribution is 2.36. The Kier molecular flexibility index (Phi) is 8.48. The van der Waals surface area contributed by atoms with Crippen LogP contribution < -0.4 is 21.7 Å². The Morgan fingerprint density at radius 3 is 1.83 bits per heavy atom. The molecule has 6 rings (SSSR count). The summed E-state index contributed by atoms with van der Waals surface area (Å²) in [6.07, 6.45) is 5.79. The normalized spacial score (nSPS) is 15.8. The SMILES string of the molecule is Nc1ccc(Nc2c3ccc(NC(=O)CCN4CCCC4)cc3nc3ccc(NC(=O)CCN4CCCC4)cc23)cc1. The van der Waals surface area contributed by atoms with Gasteiger partial charge in [-0.25, -0.2) is 4.98 Å². The van der Waals surface area contributed by atoms with Crippen molar-refractivity contribution in [1.82, 2.24) is 14.8 Å².